The van der Waals surface area contributed by atoms with Crippen molar-refractivity contribution in [2.75, 3.05) is 5.32 Å². The van der Waals surface area contributed by atoms with E-state index >= 15 is 0 Å². The Morgan fingerprint density at radius 1 is 1.04 bits per heavy atom. The minimum absolute atomic E-state index is 0.191. The Kier molecular flexibility index (Phi) is 5.38. The molecule has 3 nitrogen and oxygen atoms in total. The predicted octanol–water partition coefficient (Wildman–Crippen LogP) is 5.64. The minimum atomic E-state index is -0.445. The fourth-order valence-corrected chi connectivity index (χ4v) is 3.46. The van der Waals surface area contributed by atoms with Gasteiger partial charge < -0.3 is 10.1 Å². The zero-order chi connectivity index (χ0) is 18.7. The molecule has 0 radical (unpaired) electrons. The van der Waals surface area contributed by atoms with Crippen LogP contribution in [0, 0.1) is 26.6 Å². The minimum Gasteiger partial charge on any atom is -0.489 e. The van der Waals surface area contributed by atoms with E-state index in [9.17, 15) is 9.18 Å². The lowest BCUT2D eigenvalue weighted by atomic mass is 10.1. The zero-order valence-electron chi connectivity index (χ0n) is 14.9. The van der Waals surface area contributed by atoms with Crippen molar-refractivity contribution in [1.29, 1.82) is 0 Å². The average Bonchev–Trinajstić information content (AvgIpc) is 3.04. The molecule has 1 amide bonds. The smallest absolute Gasteiger partial charge is 0.265 e. The molecule has 0 aliphatic carbocycles. The number of halogens is 1. The molecule has 1 N–H and O–H groups in total. The number of rotatable bonds is 5. The summed E-state index contributed by atoms with van der Waals surface area (Å²) in [5.74, 6) is 0.0394. The molecular weight excluding hydrogens is 349 g/mol. The van der Waals surface area contributed by atoms with Crippen molar-refractivity contribution in [1.82, 2.24) is 0 Å². The van der Waals surface area contributed by atoms with Gasteiger partial charge in [-0.2, -0.15) is 0 Å². The van der Waals surface area contributed by atoms with E-state index in [2.05, 4.69) is 11.4 Å². The molecule has 0 aliphatic rings. The number of benzene rings is 2. The van der Waals surface area contributed by atoms with Crippen molar-refractivity contribution in [3.63, 3.8) is 0 Å². The first-order valence-corrected chi connectivity index (χ1v) is 9.15. The van der Waals surface area contributed by atoms with Crippen LogP contribution in [0.2, 0.25) is 0 Å². The maximum absolute atomic E-state index is 13.8. The number of nitrogens with one attached hydrogen (secondary N) is 1. The van der Waals surface area contributed by atoms with Crippen LogP contribution in [-0.4, -0.2) is 5.91 Å². The van der Waals surface area contributed by atoms with E-state index in [0.29, 0.717) is 11.5 Å². The van der Waals surface area contributed by atoms with Crippen LogP contribution < -0.4 is 10.1 Å². The Bertz CT molecular complexity index is 929. The highest BCUT2D eigenvalue weighted by molar-refractivity contribution is 7.12. The SMILES string of the molecule is Cc1cc(C)cc(OCc2csc(C(=O)Nc3cc(C)ccc3F)c2)c1. The molecule has 1 aromatic heterocycles. The molecule has 0 saturated heterocycles. The highest BCUT2D eigenvalue weighted by Gasteiger charge is 2.12. The summed E-state index contributed by atoms with van der Waals surface area (Å²) in [5.41, 5.74) is 4.27. The third-order valence-electron chi connectivity index (χ3n) is 3.85. The third-order valence-corrected chi connectivity index (χ3v) is 4.83. The van der Waals surface area contributed by atoms with Crippen molar-refractivity contribution >= 4 is 22.9 Å². The molecule has 3 rings (SSSR count). The van der Waals surface area contributed by atoms with Crippen molar-refractivity contribution < 1.29 is 13.9 Å². The number of hydrogen-bond donors (Lipinski definition) is 1. The highest BCUT2D eigenvalue weighted by Crippen LogP contribution is 2.22. The Labute approximate surface area is 156 Å². The number of amides is 1. The topological polar surface area (TPSA) is 38.3 Å². The van der Waals surface area contributed by atoms with E-state index in [1.807, 2.05) is 38.3 Å². The Balaban J connectivity index is 1.65. The second kappa shape index (κ2) is 7.70. The number of ether oxygens (including phenoxy) is 1. The first-order chi connectivity index (χ1) is 12.4. The standard InChI is InChI=1S/C21H20FNO2S/c1-13-4-5-18(22)19(9-13)23-21(24)20-10-16(12-26-20)11-25-17-7-14(2)6-15(3)8-17/h4-10,12H,11H2,1-3H3,(H,23,24). The molecule has 134 valence electrons. The van der Waals surface area contributed by atoms with Gasteiger partial charge in [0, 0.05) is 5.56 Å². The van der Waals surface area contributed by atoms with E-state index in [4.69, 9.17) is 4.74 Å². The van der Waals surface area contributed by atoms with Crippen LogP contribution in [-0.2, 0) is 6.61 Å². The molecule has 0 fully saturated rings. The first kappa shape index (κ1) is 18.1. The predicted molar refractivity (Wildman–Crippen MR) is 104 cm³/mol. The van der Waals surface area contributed by atoms with E-state index in [1.54, 1.807) is 18.2 Å². The monoisotopic (exact) mass is 369 g/mol. The molecule has 3 aromatic rings. The van der Waals surface area contributed by atoms with Gasteiger partial charge >= 0.3 is 0 Å². The van der Waals surface area contributed by atoms with Crippen LogP contribution in [0.1, 0.15) is 31.9 Å². The average molecular weight is 369 g/mol. The zero-order valence-corrected chi connectivity index (χ0v) is 15.7. The molecule has 0 saturated carbocycles. The van der Waals surface area contributed by atoms with E-state index < -0.39 is 5.82 Å². The number of carbonyl (C=O) groups excluding carboxylic acids is 1. The van der Waals surface area contributed by atoms with Crippen LogP contribution in [0.5, 0.6) is 5.75 Å². The van der Waals surface area contributed by atoms with Crippen LogP contribution in [0.25, 0.3) is 0 Å². The number of anilines is 1. The lowest BCUT2D eigenvalue weighted by Crippen LogP contribution is -2.11. The normalized spacial score (nSPS) is 10.6. The van der Waals surface area contributed by atoms with E-state index in [-0.39, 0.29) is 11.6 Å². The summed E-state index contributed by atoms with van der Waals surface area (Å²) in [7, 11) is 0. The van der Waals surface area contributed by atoms with E-state index in [0.717, 1.165) is 28.0 Å². The van der Waals surface area contributed by atoms with E-state index in [1.165, 1.54) is 17.4 Å². The number of hydrogen-bond acceptors (Lipinski definition) is 3. The van der Waals surface area contributed by atoms with Crippen LogP contribution >= 0.6 is 11.3 Å². The van der Waals surface area contributed by atoms with Crippen molar-refractivity contribution in [2.45, 2.75) is 27.4 Å². The summed E-state index contributed by atoms with van der Waals surface area (Å²) in [5, 5.41) is 4.50. The van der Waals surface area contributed by atoms with Gasteiger partial charge in [0.2, 0.25) is 0 Å². The van der Waals surface area contributed by atoms with Crippen molar-refractivity contribution in [3.05, 3.63) is 80.8 Å². The summed E-state index contributed by atoms with van der Waals surface area (Å²) >= 11 is 1.31. The number of thiophene rings is 1. The Hall–Kier alpha value is -2.66. The molecule has 0 spiro atoms. The maximum Gasteiger partial charge on any atom is 0.265 e. The van der Waals surface area contributed by atoms with Gasteiger partial charge in [-0.05, 0) is 73.2 Å². The summed E-state index contributed by atoms with van der Waals surface area (Å²) in [4.78, 5) is 12.9. The van der Waals surface area contributed by atoms with Gasteiger partial charge in [0.05, 0.1) is 10.6 Å². The highest BCUT2D eigenvalue weighted by atomic mass is 32.1. The van der Waals surface area contributed by atoms with Gasteiger partial charge in [-0.25, -0.2) is 4.39 Å². The molecule has 26 heavy (non-hydrogen) atoms. The lowest BCUT2D eigenvalue weighted by Gasteiger charge is -2.07. The van der Waals surface area contributed by atoms with Gasteiger partial charge in [0.15, 0.2) is 0 Å². The molecule has 2 aromatic carbocycles. The van der Waals surface area contributed by atoms with Gasteiger partial charge in [0.25, 0.3) is 5.91 Å². The molecular formula is C21H20FNO2S. The maximum atomic E-state index is 13.8. The Morgan fingerprint density at radius 3 is 2.50 bits per heavy atom. The quantitative estimate of drug-likeness (QED) is 0.632. The van der Waals surface area contributed by atoms with Gasteiger partial charge in [-0.3, -0.25) is 4.79 Å². The summed E-state index contributed by atoms with van der Waals surface area (Å²) < 4.78 is 19.6. The molecule has 0 bridgehead atoms. The van der Waals surface area contributed by atoms with Crippen molar-refractivity contribution in [3.8, 4) is 5.75 Å². The first-order valence-electron chi connectivity index (χ1n) is 8.27. The largest absolute Gasteiger partial charge is 0.489 e. The summed E-state index contributed by atoms with van der Waals surface area (Å²) in [6.45, 7) is 6.28. The second-order valence-electron chi connectivity index (χ2n) is 6.37. The molecule has 0 unspecified atom stereocenters. The van der Waals surface area contributed by atoms with Gasteiger partial charge in [-0.15, -0.1) is 11.3 Å². The second-order valence-corrected chi connectivity index (χ2v) is 7.28. The molecule has 0 atom stereocenters. The summed E-state index contributed by atoms with van der Waals surface area (Å²) in [6.07, 6.45) is 0. The van der Waals surface area contributed by atoms with Crippen LogP contribution in [0.15, 0.2) is 47.8 Å². The fraction of sp³-hybridized carbons (Fsp3) is 0.190. The fourth-order valence-electron chi connectivity index (χ4n) is 2.67. The van der Waals surface area contributed by atoms with Crippen LogP contribution in [0.4, 0.5) is 10.1 Å². The Morgan fingerprint density at radius 2 is 1.77 bits per heavy atom. The third kappa shape index (κ3) is 4.49. The summed E-state index contributed by atoms with van der Waals surface area (Å²) in [6, 6.07) is 12.5. The molecule has 5 heteroatoms. The number of carbonyl (C=O) groups is 1. The van der Waals surface area contributed by atoms with Crippen LogP contribution in [0.3, 0.4) is 0 Å². The van der Waals surface area contributed by atoms with Crippen molar-refractivity contribution in [2.24, 2.45) is 0 Å². The number of aryl methyl sites for hydroxylation is 3. The lowest BCUT2D eigenvalue weighted by molar-refractivity contribution is 0.103. The van der Waals surface area contributed by atoms with Gasteiger partial charge in [-0.1, -0.05) is 12.1 Å². The molecule has 0 aliphatic heterocycles. The van der Waals surface area contributed by atoms with Gasteiger partial charge in [0.1, 0.15) is 18.2 Å². The molecule has 1 heterocycles.